The monoisotopic (exact) mass is 530 g/mol. The Morgan fingerprint density at radius 2 is 2.21 bits per heavy atom. The Bertz CT molecular complexity index is 789. The van der Waals surface area contributed by atoms with E-state index >= 15 is 0 Å². The van der Waals surface area contributed by atoms with E-state index in [0.29, 0.717) is 24.1 Å². The molecule has 1 fully saturated rings. The maximum Gasteiger partial charge on any atom is 0.213 e. The molecule has 1 unspecified atom stereocenters. The number of pyridine rings is 2. The van der Waals surface area contributed by atoms with Crippen LogP contribution in [0.3, 0.4) is 0 Å². The van der Waals surface area contributed by atoms with Gasteiger partial charge in [0.25, 0.3) is 0 Å². The van der Waals surface area contributed by atoms with Crippen molar-refractivity contribution < 1.29 is 4.74 Å². The molecule has 9 heteroatoms. The summed E-state index contributed by atoms with van der Waals surface area (Å²) in [6.07, 6.45) is 5.57. The lowest BCUT2D eigenvalue weighted by molar-refractivity contribution is 0.305. The molecule has 0 aliphatic carbocycles. The van der Waals surface area contributed by atoms with Gasteiger partial charge in [-0.15, -0.1) is 24.0 Å². The molecule has 0 aromatic carbocycles. The lowest BCUT2D eigenvalue weighted by atomic mass is 10.2. The molecule has 2 N–H and O–H groups in total. The lowest BCUT2D eigenvalue weighted by Crippen LogP contribution is -2.44. The van der Waals surface area contributed by atoms with E-state index in [1.165, 1.54) is 0 Å². The minimum absolute atomic E-state index is 0. The van der Waals surface area contributed by atoms with Crippen LogP contribution in [0, 0.1) is 0 Å². The highest BCUT2D eigenvalue weighted by Gasteiger charge is 2.25. The second-order valence-corrected chi connectivity index (χ2v) is 7.07. The molecular weight excluding hydrogens is 503 g/mol. The topological polar surface area (TPSA) is 74.7 Å². The minimum atomic E-state index is 0. The third-order valence-corrected chi connectivity index (χ3v) is 4.80. The van der Waals surface area contributed by atoms with Gasteiger partial charge < -0.3 is 20.3 Å². The SMILES string of the molecule is CCCOc1ccc(CNC(=NC)NC2CCN(c3ncccc3Cl)C2)cn1.I. The van der Waals surface area contributed by atoms with Crippen LogP contribution in [0.1, 0.15) is 25.3 Å². The molecule has 2 aromatic heterocycles. The van der Waals surface area contributed by atoms with Crippen molar-refractivity contribution in [2.45, 2.75) is 32.4 Å². The van der Waals surface area contributed by atoms with Gasteiger partial charge in [-0.3, -0.25) is 4.99 Å². The number of nitrogens with zero attached hydrogens (tertiary/aromatic N) is 4. The summed E-state index contributed by atoms with van der Waals surface area (Å²) >= 11 is 6.27. The highest BCUT2D eigenvalue weighted by molar-refractivity contribution is 14.0. The van der Waals surface area contributed by atoms with Crippen LogP contribution in [0.15, 0.2) is 41.7 Å². The Balaban J connectivity index is 0.00000300. The van der Waals surface area contributed by atoms with E-state index in [1.54, 1.807) is 13.2 Å². The van der Waals surface area contributed by atoms with Gasteiger partial charge in [-0.2, -0.15) is 0 Å². The first-order valence-electron chi connectivity index (χ1n) is 9.60. The van der Waals surface area contributed by atoms with E-state index < -0.39 is 0 Å². The summed E-state index contributed by atoms with van der Waals surface area (Å²) in [4.78, 5) is 15.3. The predicted octanol–water partition coefficient (Wildman–Crippen LogP) is 3.48. The van der Waals surface area contributed by atoms with Crippen molar-refractivity contribution in [1.29, 1.82) is 0 Å². The number of nitrogens with one attached hydrogen (secondary N) is 2. The van der Waals surface area contributed by atoms with Crippen LogP contribution in [-0.2, 0) is 6.54 Å². The highest BCUT2D eigenvalue weighted by atomic mass is 127. The van der Waals surface area contributed by atoms with E-state index in [-0.39, 0.29) is 30.0 Å². The first-order chi connectivity index (χ1) is 13.7. The van der Waals surface area contributed by atoms with Gasteiger partial charge in [-0.1, -0.05) is 24.6 Å². The maximum absolute atomic E-state index is 6.27. The minimum Gasteiger partial charge on any atom is -0.478 e. The van der Waals surface area contributed by atoms with Gasteiger partial charge >= 0.3 is 0 Å². The number of hydrogen-bond acceptors (Lipinski definition) is 5. The molecule has 2 aromatic rings. The Hall–Kier alpha value is -1.81. The van der Waals surface area contributed by atoms with Crippen LogP contribution in [0.4, 0.5) is 5.82 Å². The molecular formula is C20H28ClIN6O. The number of halogens is 2. The quantitative estimate of drug-likeness (QED) is 0.324. The van der Waals surface area contributed by atoms with Crippen molar-refractivity contribution in [3.63, 3.8) is 0 Å². The summed E-state index contributed by atoms with van der Waals surface area (Å²) < 4.78 is 5.51. The number of hydrogen-bond donors (Lipinski definition) is 2. The first-order valence-corrected chi connectivity index (χ1v) is 9.97. The van der Waals surface area contributed by atoms with E-state index in [0.717, 1.165) is 43.3 Å². The molecule has 1 aliphatic rings. The van der Waals surface area contributed by atoms with Crippen LogP contribution >= 0.6 is 35.6 Å². The van der Waals surface area contributed by atoms with E-state index in [9.17, 15) is 0 Å². The lowest BCUT2D eigenvalue weighted by Gasteiger charge is -2.20. The Kier molecular flexibility index (Phi) is 9.72. The van der Waals surface area contributed by atoms with Gasteiger partial charge in [-0.05, 0) is 30.5 Å². The molecule has 7 nitrogen and oxygen atoms in total. The molecule has 158 valence electrons. The van der Waals surface area contributed by atoms with Crippen molar-refractivity contribution in [2.24, 2.45) is 4.99 Å². The fourth-order valence-electron chi connectivity index (χ4n) is 3.06. The second kappa shape index (κ2) is 12.0. The third kappa shape index (κ3) is 6.88. The Labute approximate surface area is 194 Å². The number of ether oxygens (including phenoxy) is 1. The first kappa shape index (κ1) is 23.5. The zero-order valence-corrected chi connectivity index (χ0v) is 19.9. The van der Waals surface area contributed by atoms with Gasteiger partial charge in [0.15, 0.2) is 5.96 Å². The number of aromatic nitrogens is 2. The number of guanidine groups is 1. The molecule has 0 bridgehead atoms. The normalized spacial score (nSPS) is 16.3. The van der Waals surface area contributed by atoms with Crippen molar-refractivity contribution in [2.75, 3.05) is 31.6 Å². The maximum atomic E-state index is 6.27. The standard InChI is InChI=1S/C20H27ClN6O.HI/c1-3-11-28-18-7-6-15(12-24-18)13-25-20(22-2)26-16-8-10-27(14-16)19-17(21)5-4-9-23-19;/h4-7,9,12,16H,3,8,10-11,13-14H2,1-2H3,(H2,22,25,26);1H. The summed E-state index contributed by atoms with van der Waals surface area (Å²) in [5.41, 5.74) is 1.07. The van der Waals surface area contributed by atoms with Crippen LogP contribution in [0.2, 0.25) is 5.02 Å². The summed E-state index contributed by atoms with van der Waals surface area (Å²) in [7, 11) is 1.78. The summed E-state index contributed by atoms with van der Waals surface area (Å²) in [5, 5.41) is 7.50. The number of aliphatic imine (C=N–C) groups is 1. The summed E-state index contributed by atoms with van der Waals surface area (Å²) in [5.74, 6) is 2.27. The van der Waals surface area contributed by atoms with Crippen molar-refractivity contribution in [3.05, 3.63) is 47.2 Å². The Morgan fingerprint density at radius 3 is 2.90 bits per heavy atom. The molecule has 0 amide bonds. The summed E-state index contributed by atoms with van der Waals surface area (Å²) in [6.45, 7) is 5.15. The van der Waals surface area contributed by atoms with Crippen molar-refractivity contribution in [3.8, 4) is 5.88 Å². The van der Waals surface area contributed by atoms with Gasteiger partial charge in [0.2, 0.25) is 5.88 Å². The van der Waals surface area contributed by atoms with E-state index in [1.807, 2.05) is 30.5 Å². The van der Waals surface area contributed by atoms with Gasteiger partial charge in [0, 0.05) is 51.2 Å². The molecule has 3 rings (SSSR count). The van der Waals surface area contributed by atoms with Crippen molar-refractivity contribution in [1.82, 2.24) is 20.6 Å². The highest BCUT2D eigenvalue weighted by Crippen LogP contribution is 2.25. The zero-order valence-electron chi connectivity index (χ0n) is 16.8. The van der Waals surface area contributed by atoms with E-state index in [4.69, 9.17) is 16.3 Å². The molecule has 29 heavy (non-hydrogen) atoms. The molecule has 0 radical (unpaired) electrons. The van der Waals surface area contributed by atoms with Crippen LogP contribution in [-0.4, -0.2) is 48.7 Å². The molecule has 1 atom stereocenters. The van der Waals surface area contributed by atoms with Crippen LogP contribution in [0.5, 0.6) is 5.88 Å². The second-order valence-electron chi connectivity index (χ2n) is 6.66. The number of anilines is 1. The third-order valence-electron chi connectivity index (χ3n) is 4.50. The fourth-order valence-corrected chi connectivity index (χ4v) is 3.30. The van der Waals surface area contributed by atoms with E-state index in [2.05, 4.69) is 37.4 Å². The van der Waals surface area contributed by atoms with Crippen LogP contribution in [0.25, 0.3) is 0 Å². The molecule has 3 heterocycles. The van der Waals surface area contributed by atoms with Gasteiger partial charge in [0.1, 0.15) is 5.82 Å². The average Bonchev–Trinajstić information content (AvgIpc) is 3.19. The van der Waals surface area contributed by atoms with Crippen LogP contribution < -0.4 is 20.3 Å². The molecule has 0 saturated carbocycles. The Morgan fingerprint density at radius 1 is 1.34 bits per heavy atom. The molecule has 0 spiro atoms. The largest absolute Gasteiger partial charge is 0.478 e. The zero-order chi connectivity index (χ0) is 19.8. The van der Waals surface area contributed by atoms with Gasteiger partial charge in [-0.25, -0.2) is 9.97 Å². The fraction of sp³-hybridized carbons (Fsp3) is 0.450. The summed E-state index contributed by atoms with van der Waals surface area (Å²) in [6, 6.07) is 7.91. The van der Waals surface area contributed by atoms with Crippen molar-refractivity contribution >= 4 is 47.4 Å². The predicted molar refractivity (Wildman–Crippen MR) is 129 cm³/mol. The average molecular weight is 531 g/mol. The van der Waals surface area contributed by atoms with Gasteiger partial charge in [0.05, 0.1) is 11.6 Å². The smallest absolute Gasteiger partial charge is 0.213 e. The molecule has 1 saturated heterocycles. The number of rotatable bonds is 7. The molecule has 1 aliphatic heterocycles.